The zero-order chi connectivity index (χ0) is 5.54. The van der Waals surface area contributed by atoms with E-state index in [1.54, 1.807) is 12.5 Å². The molecule has 3 heteroatoms. The van der Waals surface area contributed by atoms with Crippen molar-refractivity contribution < 1.29 is 4.18 Å². The molecule has 0 amide bonds. The van der Waals surface area contributed by atoms with Gasteiger partial charge in [-0.15, -0.1) is 0 Å². The van der Waals surface area contributed by atoms with E-state index in [1.807, 2.05) is 6.07 Å². The van der Waals surface area contributed by atoms with Crippen molar-refractivity contribution in [1.29, 1.82) is 5.26 Å². The normalized spacial score (nSPS) is 9.14. The van der Waals surface area contributed by atoms with Crippen molar-refractivity contribution in [3.05, 3.63) is 11.5 Å². The third kappa shape index (κ3) is 5.54. The van der Waals surface area contributed by atoms with E-state index >= 15 is 0 Å². The molecule has 0 unspecified atom stereocenters. The first-order chi connectivity index (χ1) is 3.41. The van der Waals surface area contributed by atoms with Crippen molar-refractivity contribution in [3.63, 3.8) is 0 Å². The minimum absolute atomic E-state index is 1.13. The molecule has 0 fully saturated rings. The second-order valence-electron chi connectivity index (χ2n) is 0.695. The summed E-state index contributed by atoms with van der Waals surface area (Å²) in [6.45, 7) is 0. The van der Waals surface area contributed by atoms with Crippen LogP contribution in [0.25, 0.3) is 0 Å². The largest absolute Gasteiger partial charge is 0.314 e. The van der Waals surface area contributed by atoms with Crippen LogP contribution in [0.3, 0.4) is 0 Å². The van der Waals surface area contributed by atoms with E-state index in [2.05, 4.69) is 4.18 Å². The van der Waals surface area contributed by atoms with Crippen LogP contribution in [-0.4, -0.2) is 7.11 Å². The summed E-state index contributed by atoms with van der Waals surface area (Å²) in [6.07, 6.45) is 1.36. The standard InChI is InChI=1S/C4H5NOS/c1-6-7-4-2-3-5/h2,4H,1H3/b4-2+. The maximum atomic E-state index is 7.89. The van der Waals surface area contributed by atoms with E-state index in [-0.39, 0.29) is 0 Å². The first-order valence-corrected chi connectivity index (χ1v) is 2.46. The topological polar surface area (TPSA) is 33.0 Å². The van der Waals surface area contributed by atoms with Gasteiger partial charge in [-0.2, -0.15) is 5.26 Å². The van der Waals surface area contributed by atoms with Gasteiger partial charge in [0.25, 0.3) is 0 Å². The van der Waals surface area contributed by atoms with E-state index in [0.717, 1.165) is 12.0 Å². The average molecular weight is 115 g/mol. The fourth-order valence-electron chi connectivity index (χ4n) is 0.114. The Morgan fingerprint density at radius 2 is 2.57 bits per heavy atom. The molecule has 0 aliphatic heterocycles. The molecule has 0 radical (unpaired) electrons. The Kier molecular flexibility index (Phi) is 5.18. The number of hydrogen-bond donors (Lipinski definition) is 0. The highest BCUT2D eigenvalue weighted by Crippen LogP contribution is 1.98. The van der Waals surface area contributed by atoms with Gasteiger partial charge in [0.05, 0.1) is 13.2 Å². The molecule has 2 nitrogen and oxygen atoms in total. The molecule has 0 bridgehead atoms. The highest BCUT2D eigenvalue weighted by molar-refractivity contribution is 7.97. The highest BCUT2D eigenvalue weighted by atomic mass is 32.2. The third-order valence-corrected chi connectivity index (χ3v) is 0.734. The maximum absolute atomic E-state index is 7.89. The monoisotopic (exact) mass is 115 g/mol. The van der Waals surface area contributed by atoms with Crippen molar-refractivity contribution in [2.45, 2.75) is 0 Å². The van der Waals surface area contributed by atoms with Crippen LogP contribution >= 0.6 is 12.0 Å². The molecular weight excluding hydrogens is 110 g/mol. The molecule has 0 rings (SSSR count). The average Bonchev–Trinajstić information content (AvgIpc) is 1.69. The molecule has 0 aromatic heterocycles. The molecule has 0 spiro atoms. The lowest BCUT2D eigenvalue weighted by molar-refractivity contribution is 0.494. The quantitative estimate of drug-likeness (QED) is 0.402. The van der Waals surface area contributed by atoms with Gasteiger partial charge in [0.2, 0.25) is 0 Å². The Hall–Kier alpha value is -0.460. The molecule has 0 saturated heterocycles. The molecule has 0 aliphatic carbocycles. The Morgan fingerprint density at radius 3 is 3.00 bits per heavy atom. The van der Waals surface area contributed by atoms with Gasteiger partial charge in [-0.25, -0.2) is 0 Å². The second-order valence-corrected chi connectivity index (χ2v) is 1.49. The summed E-state index contributed by atoms with van der Waals surface area (Å²) in [5.41, 5.74) is 0. The summed E-state index contributed by atoms with van der Waals surface area (Å²) in [4.78, 5) is 0. The van der Waals surface area contributed by atoms with Crippen LogP contribution in [0.2, 0.25) is 0 Å². The van der Waals surface area contributed by atoms with Crippen molar-refractivity contribution >= 4 is 12.0 Å². The minimum Gasteiger partial charge on any atom is -0.314 e. The van der Waals surface area contributed by atoms with Crippen LogP contribution in [0.1, 0.15) is 0 Å². The van der Waals surface area contributed by atoms with Crippen molar-refractivity contribution in [2.75, 3.05) is 7.11 Å². The molecule has 0 N–H and O–H groups in total. The number of allylic oxidation sites excluding steroid dienone is 1. The van der Waals surface area contributed by atoms with Gasteiger partial charge in [-0.05, 0) is 0 Å². The van der Waals surface area contributed by atoms with Crippen LogP contribution < -0.4 is 0 Å². The summed E-state index contributed by atoms with van der Waals surface area (Å²) in [6, 6.07) is 1.82. The predicted molar refractivity (Wildman–Crippen MR) is 29.4 cm³/mol. The summed E-state index contributed by atoms with van der Waals surface area (Å²) in [5, 5.41) is 9.46. The van der Waals surface area contributed by atoms with Gasteiger partial charge in [0, 0.05) is 23.5 Å². The molecular formula is C4H5NOS. The Morgan fingerprint density at radius 1 is 1.86 bits per heavy atom. The molecule has 0 saturated carbocycles. The fraction of sp³-hybridized carbons (Fsp3) is 0.250. The lowest BCUT2D eigenvalue weighted by atomic mass is 10.7. The van der Waals surface area contributed by atoms with Gasteiger partial charge in [0.15, 0.2) is 0 Å². The lowest BCUT2D eigenvalue weighted by Gasteiger charge is -1.78. The van der Waals surface area contributed by atoms with Crippen LogP contribution in [0.4, 0.5) is 0 Å². The van der Waals surface area contributed by atoms with Crippen LogP contribution in [0.5, 0.6) is 0 Å². The molecule has 0 aliphatic rings. The summed E-state index contributed by atoms with van der Waals surface area (Å²) >= 11 is 1.13. The predicted octanol–water partition coefficient (Wildman–Crippen LogP) is 1.32. The van der Waals surface area contributed by atoms with Crippen LogP contribution in [-0.2, 0) is 4.18 Å². The number of hydrogen-bond acceptors (Lipinski definition) is 3. The van der Waals surface area contributed by atoms with Crippen molar-refractivity contribution in [2.24, 2.45) is 0 Å². The molecule has 0 heterocycles. The van der Waals surface area contributed by atoms with Crippen LogP contribution in [0, 0.1) is 11.3 Å². The SMILES string of the molecule is COS/C=C/C#N. The molecule has 0 aromatic rings. The number of rotatable bonds is 2. The van der Waals surface area contributed by atoms with Crippen molar-refractivity contribution in [1.82, 2.24) is 0 Å². The van der Waals surface area contributed by atoms with Gasteiger partial charge in [-0.1, -0.05) is 0 Å². The summed E-state index contributed by atoms with van der Waals surface area (Å²) in [5.74, 6) is 0. The zero-order valence-electron chi connectivity index (χ0n) is 3.92. The minimum atomic E-state index is 1.13. The van der Waals surface area contributed by atoms with E-state index in [1.165, 1.54) is 6.08 Å². The second kappa shape index (κ2) is 5.54. The molecule has 0 aromatic carbocycles. The summed E-state index contributed by atoms with van der Waals surface area (Å²) in [7, 11) is 1.55. The van der Waals surface area contributed by atoms with Crippen molar-refractivity contribution in [3.8, 4) is 6.07 Å². The van der Waals surface area contributed by atoms with E-state index < -0.39 is 0 Å². The smallest absolute Gasteiger partial charge is 0.0918 e. The van der Waals surface area contributed by atoms with E-state index in [4.69, 9.17) is 5.26 Å². The molecule has 38 valence electrons. The first-order valence-electron chi connectivity index (χ1n) is 1.66. The van der Waals surface area contributed by atoms with Gasteiger partial charge >= 0.3 is 0 Å². The number of nitriles is 1. The van der Waals surface area contributed by atoms with Gasteiger partial charge < -0.3 is 4.18 Å². The number of nitrogens with zero attached hydrogens (tertiary/aromatic N) is 1. The fourth-order valence-corrected chi connectivity index (χ4v) is 0.341. The summed E-state index contributed by atoms with van der Waals surface area (Å²) < 4.78 is 4.52. The zero-order valence-corrected chi connectivity index (χ0v) is 4.73. The van der Waals surface area contributed by atoms with E-state index in [0.29, 0.717) is 0 Å². The lowest BCUT2D eigenvalue weighted by Crippen LogP contribution is -1.55. The highest BCUT2D eigenvalue weighted by Gasteiger charge is 1.66. The Labute approximate surface area is 47.0 Å². The van der Waals surface area contributed by atoms with Crippen LogP contribution in [0.15, 0.2) is 11.5 Å². The maximum Gasteiger partial charge on any atom is 0.0918 e. The third-order valence-electron chi connectivity index (χ3n) is 0.294. The molecule has 0 atom stereocenters. The first kappa shape index (κ1) is 6.54. The van der Waals surface area contributed by atoms with Gasteiger partial charge in [0.1, 0.15) is 0 Å². The Balaban J connectivity index is 2.97. The van der Waals surface area contributed by atoms with E-state index in [9.17, 15) is 0 Å². The molecule has 7 heavy (non-hydrogen) atoms. The Bertz CT molecular complexity index is 94.4. The van der Waals surface area contributed by atoms with Gasteiger partial charge in [-0.3, -0.25) is 0 Å².